The summed E-state index contributed by atoms with van der Waals surface area (Å²) >= 11 is 1.74. The van der Waals surface area contributed by atoms with Crippen molar-refractivity contribution in [1.82, 2.24) is 0 Å². The molecule has 76 valence electrons. The van der Waals surface area contributed by atoms with Crippen LogP contribution in [0.15, 0.2) is 23.1 Å². The van der Waals surface area contributed by atoms with Crippen molar-refractivity contribution >= 4 is 48.3 Å². The number of rotatable bonds is 2. The monoisotopic (exact) mass is 346 g/mol. The molecule has 1 rings (SSSR count). The van der Waals surface area contributed by atoms with Gasteiger partial charge < -0.3 is 5.11 Å². The van der Waals surface area contributed by atoms with E-state index in [0.717, 1.165) is 6.07 Å². The molecule has 0 aliphatic rings. The molecule has 0 spiro atoms. The van der Waals surface area contributed by atoms with E-state index in [4.69, 9.17) is 15.8 Å². The van der Waals surface area contributed by atoms with Crippen LogP contribution in [0.1, 0.15) is 10.4 Å². The van der Waals surface area contributed by atoms with Crippen molar-refractivity contribution < 1.29 is 18.3 Å². The van der Waals surface area contributed by atoms with Crippen LogP contribution in [-0.4, -0.2) is 19.5 Å². The Balaban J connectivity index is 3.61. The third kappa shape index (κ3) is 2.37. The van der Waals surface area contributed by atoms with Crippen LogP contribution >= 0.6 is 33.3 Å². The van der Waals surface area contributed by atoms with Crippen molar-refractivity contribution in [3.63, 3.8) is 0 Å². The standard InChI is InChI=1S/C7H4ClIO4S/c8-14(12,13)5-3-1-2-4(9)6(5)7(10)11/h1-3H,(H,10,11). The molecule has 4 nitrogen and oxygen atoms in total. The number of carboxylic acid groups (broad SMARTS) is 1. The highest BCUT2D eigenvalue weighted by molar-refractivity contribution is 14.1. The SMILES string of the molecule is O=C(O)c1c(I)cccc1S(=O)(=O)Cl. The first-order valence-corrected chi connectivity index (χ1v) is 6.69. The third-order valence-corrected chi connectivity index (χ3v) is 3.72. The molecule has 0 amide bonds. The number of halogens is 2. The number of aromatic carboxylic acids is 1. The molecular formula is C7H4ClIO4S. The van der Waals surface area contributed by atoms with Crippen molar-refractivity contribution in [3.05, 3.63) is 27.3 Å². The maximum atomic E-state index is 11.0. The van der Waals surface area contributed by atoms with E-state index in [-0.39, 0.29) is 10.5 Å². The molecule has 0 bridgehead atoms. The number of carbonyl (C=O) groups is 1. The minimum absolute atomic E-state index is 0.289. The van der Waals surface area contributed by atoms with Gasteiger partial charge in [-0.1, -0.05) is 6.07 Å². The Morgan fingerprint density at radius 1 is 1.43 bits per heavy atom. The molecule has 0 aliphatic carbocycles. The highest BCUT2D eigenvalue weighted by Gasteiger charge is 2.22. The van der Waals surface area contributed by atoms with Crippen molar-refractivity contribution in [2.75, 3.05) is 0 Å². The van der Waals surface area contributed by atoms with Gasteiger partial charge in [0.15, 0.2) is 0 Å². The van der Waals surface area contributed by atoms with Crippen LogP contribution < -0.4 is 0 Å². The van der Waals surface area contributed by atoms with Gasteiger partial charge in [-0.25, -0.2) is 13.2 Å². The summed E-state index contributed by atoms with van der Waals surface area (Å²) in [6, 6.07) is 4.09. The summed E-state index contributed by atoms with van der Waals surface area (Å²) in [4.78, 5) is 10.4. The second kappa shape index (κ2) is 4.03. The van der Waals surface area contributed by atoms with Gasteiger partial charge in [-0.2, -0.15) is 0 Å². The van der Waals surface area contributed by atoms with Gasteiger partial charge in [-0.05, 0) is 34.7 Å². The summed E-state index contributed by atoms with van der Waals surface area (Å²) in [6.07, 6.45) is 0. The molecule has 0 saturated carbocycles. The smallest absolute Gasteiger partial charge is 0.338 e. The highest BCUT2D eigenvalue weighted by atomic mass is 127. The van der Waals surface area contributed by atoms with Gasteiger partial charge in [0.1, 0.15) is 0 Å². The summed E-state index contributed by atoms with van der Waals surface area (Å²) in [7, 11) is 1.07. The van der Waals surface area contributed by atoms with Gasteiger partial charge >= 0.3 is 5.97 Å². The predicted octanol–water partition coefficient (Wildman–Crippen LogP) is 1.92. The number of hydrogen-bond acceptors (Lipinski definition) is 3. The normalized spacial score (nSPS) is 11.3. The summed E-state index contributed by atoms with van der Waals surface area (Å²) in [5, 5.41) is 8.78. The van der Waals surface area contributed by atoms with Gasteiger partial charge in [-0.3, -0.25) is 0 Å². The molecule has 0 heterocycles. The Labute approximate surface area is 98.4 Å². The number of benzene rings is 1. The number of hydrogen-bond donors (Lipinski definition) is 1. The molecule has 0 aliphatic heterocycles. The summed E-state index contributed by atoms with van der Waals surface area (Å²) < 4.78 is 22.3. The van der Waals surface area contributed by atoms with Gasteiger partial charge in [-0.15, -0.1) is 0 Å². The summed E-state index contributed by atoms with van der Waals surface area (Å²) in [6.45, 7) is 0. The van der Waals surface area contributed by atoms with Crippen LogP contribution in [-0.2, 0) is 9.05 Å². The zero-order chi connectivity index (χ0) is 10.9. The van der Waals surface area contributed by atoms with Gasteiger partial charge in [0, 0.05) is 14.3 Å². The van der Waals surface area contributed by atoms with E-state index in [1.807, 2.05) is 0 Å². The van der Waals surface area contributed by atoms with Gasteiger partial charge in [0.2, 0.25) is 0 Å². The fourth-order valence-corrected chi connectivity index (χ4v) is 2.89. The quantitative estimate of drug-likeness (QED) is 0.656. The lowest BCUT2D eigenvalue weighted by Crippen LogP contribution is -2.07. The van der Waals surface area contributed by atoms with Crippen LogP contribution in [0, 0.1) is 3.57 Å². The molecule has 0 unspecified atom stereocenters. The molecule has 0 aromatic heterocycles. The van der Waals surface area contributed by atoms with E-state index in [0.29, 0.717) is 3.57 Å². The molecule has 14 heavy (non-hydrogen) atoms. The second-order valence-electron chi connectivity index (χ2n) is 2.36. The van der Waals surface area contributed by atoms with Crippen LogP contribution in [0.4, 0.5) is 0 Å². The lowest BCUT2D eigenvalue weighted by Gasteiger charge is -2.03. The van der Waals surface area contributed by atoms with E-state index < -0.39 is 15.0 Å². The largest absolute Gasteiger partial charge is 0.478 e. The second-order valence-corrected chi connectivity index (χ2v) is 6.05. The zero-order valence-corrected chi connectivity index (χ0v) is 10.3. The van der Waals surface area contributed by atoms with E-state index in [2.05, 4.69) is 0 Å². The maximum Gasteiger partial charge on any atom is 0.338 e. The molecule has 0 atom stereocenters. The molecule has 0 radical (unpaired) electrons. The first kappa shape index (κ1) is 11.7. The summed E-state index contributed by atoms with van der Waals surface area (Å²) in [5.74, 6) is -1.31. The van der Waals surface area contributed by atoms with E-state index >= 15 is 0 Å². The fraction of sp³-hybridized carbons (Fsp3) is 0. The fourth-order valence-electron chi connectivity index (χ4n) is 0.915. The lowest BCUT2D eigenvalue weighted by molar-refractivity contribution is 0.0691. The van der Waals surface area contributed by atoms with Gasteiger partial charge in [0.05, 0.1) is 10.5 Å². The van der Waals surface area contributed by atoms with Crippen LogP contribution in [0.3, 0.4) is 0 Å². The van der Waals surface area contributed by atoms with E-state index in [9.17, 15) is 13.2 Å². The van der Waals surface area contributed by atoms with E-state index in [1.165, 1.54) is 12.1 Å². The predicted molar refractivity (Wildman–Crippen MR) is 59.2 cm³/mol. The van der Waals surface area contributed by atoms with Gasteiger partial charge in [0.25, 0.3) is 9.05 Å². The van der Waals surface area contributed by atoms with E-state index in [1.54, 1.807) is 22.6 Å². The highest BCUT2D eigenvalue weighted by Crippen LogP contribution is 2.24. The Morgan fingerprint density at radius 2 is 2.00 bits per heavy atom. The zero-order valence-electron chi connectivity index (χ0n) is 6.57. The van der Waals surface area contributed by atoms with Crippen molar-refractivity contribution in [3.8, 4) is 0 Å². The first-order valence-electron chi connectivity index (χ1n) is 3.30. The Hall–Kier alpha value is -0.340. The molecule has 1 aromatic carbocycles. The molecule has 7 heteroatoms. The average molecular weight is 347 g/mol. The Morgan fingerprint density at radius 3 is 2.36 bits per heavy atom. The van der Waals surface area contributed by atoms with Crippen LogP contribution in [0.25, 0.3) is 0 Å². The molecule has 1 aromatic rings. The first-order chi connectivity index (χ1) is 6.34. The molecule has 1 N–H and O–H groups in total. The average Bonchev–Trinajstić information content (AvgIpc) is 2.01. The molecular weight excluding hydrogens is 342 g/mol. The Bertz CT molecular complexity index is 482. The number of carboxylic acids is 1. The van der Waals surface area contributed by atoms with Crippen LogP contribution in [0.5, 0.6) is 0 Å². The minimum atomic E-state index is -4.01. The lowest BCUT2D eigenvalue weighted by atomic mass is 10.2. The molecule has 0 fully saturated rings. The van der Waals surface area contributed by atoms with Crippen LogP contribution in [0.2, 0.25) is 0 Å². The Kier molecular flexibility index (Phi) is 3.38. The van der Waals surface area contributed by atoms with Crippen molar-refractivity contribution in [2.24, 2.45) is 0 Å². The van der Waals surface area contributed by atoms with Crippen molar-refractivity contribution in [1.29, 1.82) is 0 Å². The summed E-state index contributed by atoms with van der Waals surface area (Å²) in [5.41, 5.74) is -0.289. The third-order valence-electron chi connectivity index (χ3n) is 1.45. The minimum Gasteiger partial charge on any atom is -0.478 e. The molecule has 0 saturated heterocycles. The maximum absolute atomic E-state index is 11.0. The van der Waals surface area contributed by atoms with Crippen molar-refractivity contribution in [2.45, 2.75) is 4.90 Å². The topological polar surface area (TPSA) is 71.4 Å².